The van der Waals surface area contributed by atoms with Crippen LogP contribution in [0.3, 0.4) is 0 Å². The minimum absolute atomic E-state index is 0.501. The molecular formula is C8H15N3. The number of nitrogens with two attached hydrogens (primary N) is 1. The van der Waals surface area contributed by atoms with Crippen LogP contribution >= 0.6 is 0 Å². The van der Waals surface area contributed by atoms with Gasteiger partial charge in [-0.25, -0.2) is 0 Å². The van der Waals surface area contributed by atoms with Crippen LogP contribution in [0.2, 0.25) is 0 Å². The highest BCUT2D eigenvalue weighted by Gasteiger charge is 2.09. The molecule has 2 N–H and O–H groups in total. The van der Waals surface area contributed by atoms with Crippen LogP contribution in [0.4, 0.5) is 0 Å². The van der Waals surface area contributed by atoms with Gasteiger partial charge in [-0.2, -0.15) is 5.10 Å². The maximum Gasteiger partial charge on any atom is 0.0537 e. The fourth-order valence-electron chi connectivity index (χ4n) is 1.39. The summed E-state index contributed by atoms with van der Waals surface area (Å²) < 4.78 is 1.90. The Bertz CT molecular complexity index is 237. The second-order valence-electron chi connectivity index (χ2n) is 3.04. The second kappa shape index (κ2) is 3.05. The van der Waals surface area contributed by atoms with E-state index in [1.807, 2.05) is 17.9 Å². The first-order chi connectivity index (χ1) is 5.16. The topological polar surface area (TPSA) is 43.8 Å². The Labute approximate surface area is 67.2 Å². The Balaban J connectivity index is 3.07. The summed E-state index contributed by atoms with van der Waals surface area (Å²) in [6.45, 7) is 4.88. The lowest BCUT2D eigenvalue weighted by atomic mass is 10.1. The van der Waals surface area contributed by atoms with E-state index in [1.165, 1.54) is 5.69 Å². The minimum atomic E-state index is 0.501. The Hall–Kier alpha value is -0.830. The molecule has 11 heavy (non-hydrogen) atoms. The molecule has 0 saturated heterocycles. The molecule has 0 spiro atoms. The summed E-state index contributed by atoms with van der Waals surface area (Å²) in [6, 6.07) is 0. The number of aromatic nitrogens is 2. The van der Waals surface area contributed by atoms with Crippen molar-refractivity contribution in [1.82, 2.24) is 9.78 Å². The van der Waals surface area contributed by atoms with Crippen molar-refractivity contribution in [2.24, 2.45) is 12.8 Å². The van der Waals surface area contributed by atoms with Crippen LogP contribution < -0.4 is 5.73 Å². The standard InChI is InChI=1S/C8H15N3/c1-6(2)8-7(4-9)5-10-11(8)3/h5-6H,4,9H2,1-3H3. The molecule has 0 fully saturated rings. The first kappa shape index (κ1) is 8.27. The van der Waals surface area contributed by atoms with E-state index in [-0.39, 0.29) is 0 Å². The van der Waals surface area contributed by atoms with E-state index >= 15 is 0 Å². The molecule has 62 valence electrons. The molecule has 1 aromatic rings. The molecule has 0 bridgehead atoms. The highest BCUT2D eigenvalue weighted by atomic mass is 15.3. The van der Waals surface area contributed by atoms with Crippen molar-refractivity contribution in [1.29, 1.82) is 0 Å². The minimum Gasteiger partial charge on any atom is -0.326 e. The van der Waals surface area contributed by atoms with E-state index in [0.29, 0.717) is 12.5 Å². The second-order valence-corrected chi connectivity index (χ2v) is 3.04. The number of rotatable bonds is 2. The van der Waals surface area contributed by atoms with Gasteiger partial charge in [-0.3, -0.25) is 4.68 Å². The zero-order valence-corrected chi connectivity index (χ0v) is 7.33. The summed E-state index contributed by atoms with van der Waals surface area (Å²) >= 11 is 0. The van der Waals surface area contributed by atoms with Gasteiger partial charge in [-0.15, -0.1) is 0 Å². The average Bonchev–Trinajstić information content (AvgIpc) is 2.30. The molecule has 0 amide bonds. The molecule has 0 aromatic carbocycles. The van der Waals surface area contributed by atoms with Crippen LogP contribution in [0.5, 0.6) is 0 Å². The molecule has 3 nitrogen and oxygen atoms in total. The third-order valence-electron chi connectivity index (χ3n) is 1.83. The van der Waals surface area contributed by atoms with E-state index in [9.17, 15) is 0 Å². The predicted octanol–water partition coefficient (Wildman–Crippen LogP) is 1.00. The van der Waals surface area contributed by atoms with Crippen molar-refractivity contribution in [2.45, 2.75) is 26.3 Å². The fraction of sp³-hybridized carbons (Fsp3) is 0.625. The molecule has 0 aliphatic carbocycles. The van der Waals surface area contributed by atoms with Crippen molar-refractivity contribution < 1.29 is 0 Å². The summed E-state index contributed by atoms with van der Waals surface area (Å²) in [4.78, 5) is 0. The van der Waals surface area contributed by atoms with Gasteiger partial charge in [0.2, 0.25) is 0 Å². The maximum absolute atomic E-state index is 5.55. The molecule has 0 saturated carbocycles. The molecule has 0 radical (unpaired) electrons. The number of hydrogen-bond donors (Lipinski definition) is 1. The third kappa shape index (κ3) is 1.43. The van der Waals surface area contributed by atoms with Gasteiger partial charge in [0.1, 0.15) is 0 Å². The molecule has 0 atom stereocenters. The zero-order valence-electron chi connectivity index (χ0n) is 7.33. The molecule has 3 heteroatoms. The first-order valence-electron chi connectivity index (χ1n) is 3.87. The van der Waals surface area contributed by atoms with Crippen LogP contribution in [0.25, 0.3) is 0 Å². The Morgan fingerprint density at radius 3 is 2.64 bits per heavy atom. The van der Waals surface area contributed by atoms with Gasteiger partial charge in [0.25, 0.3) is 0 Å². The third-order valence-corrected chi connectivity index (χ3v) is 1.83. The highest BCUT2D eigenvalue weighted by Crippen LogP contribution is 2.17. The summed E-state index contributed by atoms with van der Waals surface area (Å²) in [7, 11) is 1.95. The Morgan fingerprint density at radius 2 is 2.27 bits per heavy atom. The molecule has 1 rings (SSSR count). The zero-order chi connectivity index (χ0) is 8.43. The monoisotopic (exact) mass is 153 g/mol. The maximum atomic E-state index is 5.55. The normalized spacial score (nSPS) is 11.0. The summed E-state index contributed by atoms with van der Waals surface area (Å²) in [6.07, 6.45) is 1.84. The Morgan fingerprint density at radius 1 is 1.64 bits per heavy atom. The van der Waals surface area contributed by atoms with Gasteiger partial charge in [-0.05, 0) is 5.92 Å². The van der Waals surface area contributed by atoms with E-state index in [0.717, 1.165) is 5.56 Å². The number of hydrogen-bond acceptors (Lipinski definition) is 2. The van der Waals surface area contributed by atoms with Gasteiger partial charge in [0.05, 0.1) is 6.20 Å². The number of aryl methyl sites for hydroxylation is 1. The lowest BCUT2D eigenvalue weighted by Gasteiger charge is -2.07. The summed E-state index contributed by atoms with van der Waals surface area (Å²) in [5.41, 5.74) is 7.95. The van der Waals surface area contributed by atoms with Crippen LogP contribution in [0.15, 0.2) is 6.20 Å². The van der Waals surface area contributed by atoms with Crippen LogP contribution in [0.1, 0.15) is 31.0 Å². The van der Waals surface area contributed by atoms with Crippen LogP contribution in [0, 0.1) is 0 Å². The van der Waals surface area contributed by atoms with E-state index < -0.39 is 0 Å². The summed E-state index contributed by atoms with van der Waals surface area (Å²) in [5.74, 6) is 0.501. The molecule has 0 aliphatic rings. The van der Waals surface area contributed by atoms with Crippen molar-refractivity contribution in [3.8, 4) is 0 Å². The molecule has 1 heterocycles. The van der Waals surface area contributed by atoms with E-state index in [4.69, 9.17) is 5.73 Å². The molecule has 1 aromatic heterocycles. The lowest BCUT2D eigenvalue weighted by molar-refractivity contribution is 0.664. The SMILES string of the molecule is CC(C)c1c(CN)cnn1C. The predicted molar refractivity (Wildman–Crippen MR) is 45.2 cm³/mol. The quantitative estimate of drug-likeness (QED) is 0.689. The van der Waals surface area contributed by atoms with Crippen molar-refractivity contribution in [2.75, 3.05) is 0 Å². The van der Waals surface area contributed by atoms with Gasteiger partial charge in [0, 0.05) is 24.8 Å². The number of nitrogens with zero attached hydrogens (tertiary/aromatic N) is 2. The smallest absolute Gasteiger partial charge is 0.0537 e. The average molecular weight is 153 g/mol. The largest absolute Gasteiger partial charge is 0.326 e. The van der Waals surface area contributed by atoms with Crippen molar-refractivity contribution in [3.63, 3.8) is 0 Å². The molecular weight excluding hydrogens is 138 g/mol. The Kier molecular flexibility index (Phi) is 2.29. The molecule has 0 unspecified atom stereocenters. The fourth-order valence-corrected chi connectivity index (χ4v) is 1.39. The van der Waals surface area contributed by atoms with Gasteiger partial charge in [-0.1, -0.05) is 13.8 Å². The molecule has 0 aliphatic heterocycles. The highest BCUT2D eigenvalue weighted by molar-refractivity contribution is 5.20. The van der Waals surface area contributed by atoms with Gasteiger partial charge in [0.15, 0.2) is 0 Å². The van der Waals surface area contributed by atoms with Crippen molar-refractivity contribution in [3.05, 3.63) is 17.5 Å². The van der Waals surface area contributed by atoms with E-state index in [2.05, 4.69) is 18.9 Å². The van der Waals surface area contributed by atoms with Crippen molar-refractivity contribution >= 4 is 0 Å². The van der Waals surface area contributed by atoms with Gasteiger partial charge >= 0.3 is 0 Å². The van der Waals surface area contributed by atoms with Gasteiger partial charge < -0.3 is 5.73 Å². The van der Waals surface area contributed by atoms with E-state index in [1.54, 1.807) is 0 Å². The van der Waals surface area contributed by atoms with Crippen LogP contribution in [-0.2, 0) is 13.6 Å². The van der Waals surface area contributed by atoms with Crippen LogP contribution in [-0.4, -0.2) is 9.78 Å². The summed E-state index contributed by atoms with van der Waals surface area (Å²) in [5, 5.41) is 4.15. The lowest BCUT2D eigenvalue weighted by Crippen LogP contribution is -2.05. The first-order valence-corrected chi connectivity index (χ1v) is 3.87.